The molecule has 5 heteroatoms. The van der Waals surface area contributed by atoms with Gasteiger partial charge in [0.05, 0.1) is 0 Å². The number of thiol groups is 1. The molecule has 0 atom stereocenters. The molecular weight excluding hydrogens is 228 g/mol. The molecule has 1 amide bonds. The molecule has 0 aromatic carbocycles. The molecule has 0 fully saturated rings. The second-order valence-corrected chi connectivity index (χ2v) is 5.46. The van der Waals surface area contributed by atoms with E-state index in [1.54, 1.807) is 6.20 Å². The van der Waals surface area contributed by atoms with Crippen molar-refractivity contribution in [3.63, 3.8) is 0 Å². The van der Waals surface area contributed by atoms with Crippen LogP contribution in [0.4, 0.5) is 5.82 Å². The van der Waals surface area contributed by atoms with Crippen molar-refractivity contribution in [2.45, 2.75) is 25.5 Å². The maximum absolute atomic E-state index is 10.9. The van der Waals surface area contributed by atoms with Gasteiger partial charge in [0.25, 0.3) is 0 Å². The van der Waals surface area contributed by atoms with Crippen LogP contribution in [0.1, 0.15) is 26.3 Å². The van der Waals surface area contributed by atoms with E-state index in [-0.39, 0.29) is 10.7 Å². The third-order valence-corrected chi connectivity index (χ3v) is 4.05. The number of hydrogen-bond donors (Lipinski definition) is 2. The van der Waals surface area contributed by atoms with E-state index in [0.29, 0.717) is 5.82 Å². The van der Waals surface area contributed by atoms with Gasteiger partial charge in [0.15, 0.2) is 0 Å². The number of aromatic nitrogens is 1. The first-order valence-electron chi connectivity index (χ1n) is 4.52. The molecule has 0 radical (unpaired) electrons. The Kier molecular flexibility index (Phi) is 4.04. The quantitative estimate of drug-likeness (QED) is 0.632. The number of nitrogens with one attached hydrogen (secondary N) is 1. The number of nitrogens with zero attached hydrogens (tertiary/aromatic N) is 1. The average molecular weight is 242 g/mol. The van der Waals surface area contributed by atoms with Crippen molar-refractivity contribution in [3.8, 4) is 0 Å². The van der Waals surface area contributed by atoms with Crippen LogP contribution >= 0.6 is 22.5 Å². The van der Waals surface area contributed by atoms with Gasteiger partial charge in [-0.3, -0.25) is 4.79 Å². The summed E-state index contributed by atoms with van der Waals surface area (Å²) in [6.45, 7) is 5.60. The summed E-state index contributed by atoms with van der Waals surface area (Å²) in [7, 11) is 1.46. The van der Waals surface area contributed by atoms with E-state index >= 15 is 0 Å². The summed E-state index contributed by atoms with van der Waals surface area (Å²) in [4.78, 5) is 14.9. The minimum absolute atomic E-state index is 0.0979. The number of carbonyl (C=O) groups excluding carboxylic acids is 1. The molecule has 0 aliphatic carbocycles. The Morgan fingerprint density at radius 2 is 2.27 bits per heavy atom. The van der Waals surface area contributed by atoms with E-state index in [9.17, 15) is 4.79 Å². The van der Waals surface area contributed by atoms with Crippen LogP contribution in [0.2, 0.25) is 0 Å². The molecule has 0 aliphatic heterocycles. The van der Waals surface area contributed by atoms with E-state index in [2.05, 4.69) is 35.8 Å². The van der Waals surface area contributed by atoms with Gasteiger partial charge in [-0.05, 0) is 31.5 Å². The fourth-order valence-electron chi connectivity index (χ4n) is 1.11. The zero-order valence-electron chi connectivity index (χ0n) is 8.94. The molecule has 1 heterocycles. The van der Waals surface area contributed by atoms with Gasteiger partial charge in [-0.1, -0.05) is 10.8 Å². The van der Waals surface area contributed by atoms with Crippen molar-refractivity contribution >= 4 is 34.2 Å². The lowest BCUT2D eigenvalue weighted by Crippen LogP contribution is -2.12. The molecule has 1 N–H and O–H groups in total. The molecule has 3 nitrogen and oxygen atoms in total. The SMILES string of the molecule is CC(=O)Nc1cc(C(C)(C)SS)ccn1. The Morgan fingerprint density at radius 3 is 2.80 bits per heavy atom. The van der Waals surface area contributed by atoms with Crippen molar-refractivity contribution in [2.75, 3.05) is 5.32 Å². The van der Waals surface area contributed by atoms with E-state index in [1.165, 1.54) is 17.7 Å². The summed E-state index contributed by atoms with van der Waals surface area (Å²) in [5.74, 6) is 0.464. The summed E-state index contributed by atoms with van der Waals surface area (Å²) in [6, 6.07) is 3.79. The zero-order chi connectivity index (χ0) is 11.5. The summed E-state index contributed by atoms with van der Waals surface area (Å²) < 4.78 is -0.0979. The van der Waals surface area contributed by atoms with Crippen LogP contribution in [0.5, 0.6) is 0 Å². The lowest BCUT2D eigenvalue weighted by Gasteiger charge is -2.21. The Morgan fingerprint density at radius 1 is 1.60 bits per heavy atom. The average Bonchev–Trinajstić information content (AvgIpc) is 2.17. The van der Waals surface area contributed by atoms with Crippen LogP contribution in [-0.4, -0.2) is 10.9 Å². The maximum Gasteiger partial charge on any atom is 0.222 e. The largest absolute Gasteiger partial charge is 0.311 e. The highest BCUT2D eigenvalue weighted by Crippen LogP contribution is 2.38. The maximum atomic E-state index is 10.9. The standard InChI is InChI=1S/C10H14N2OS2/c1-7(13)12-9-6-8(4-5-11-9)10(2,3)15-14/h4-6,14H,1-3H3,(H,11,12,13). The van der Waals surface area contributed by atoms with Crippen LogP contribution in [0, 0.1) is 0 Å². The van der Waals surface area contributed by atoms with Crippen molar-refractivity contribution < 1.29 is 4.79 Å². The summed E-state index contributed by atoms with van der Waals surface area (Å²) in [5, 5.41) is 2.66. The molecule has 0 spiro atoms. The number of rotatable bonds is 3. The topological polar surface area (TPSA) is 42.0 Å². The van der Waals surface area contributed by atoms with Gasteiger partial charge in [-0.15, -0.1) is 11.7 Å². The van der Waals surface area contributed by atoms with Gasteiger partial charge in [-0.25, -0.2) is 4.98 Å². The molecule has 0 unspecified atom stereocenters. The Bertz CT molecular complexity index is 366. The molecular formula is C10H14N2OS2. The van der Waals surface area contributed by atoms with Gasteiger partial charge >= 0.3 is 0 Å². The van der Waals surface area contributed by atoms with Crippen molar-refractivity contribution in [1.29, 1.82) is 0 Å². The number of hydrogen-bond acceptors (Lipinski definition) is 4. The fourth-order valence-corrected chi connectivity index (χ4v) is 1.66. The number of anilines is 1. The summed E-state index contributed by atoms with van der Waals surface area (Å²) in [5.41, 5.74) is 1.08. The van der Waals surface area contributed by atoms with E-state index in [4.69, 9.17) is 0 Å². The molecule has 82 valence electrons. The van der Waals surface area contributed by atoms with Crippen LogP contribution in [0.3, 0.4) is 0 Å². The summed E-state index contributed by atoms with van der Waals surface area (Å²) >= 11 is 4.23. The predicted octanol–water partition coefficient (Wildman–Crippen LogP) is 2.85. The third kappa shape index (κ3) is 3.43. The van der Waals surface area contributed by atoms with Crippen molar-refractivity contribution in [2.24, 2.45) is 0 Å². The fraction of sp³-hybridized carbons (Fsp3) is 0.400. The monoisotopic (exact) mass is 242 g/mol. The Balaban J connectivity index is 2.97. The lowest BCUT2D eigenvalue weighted by atomic mass is 10.0. The smallest absolute Gasteiger partial charge is 0.222 e. The molecule has 0 bridgehead atoms. The van der Waals surface area contributed by atoms with E-state index in [1.807, 2.05) is 12.1 Å². The Labute approximate surface area is 98.9 Å². The molecule has 15 heavy (non-hydrogen) atoms. The highest BCUT2D eigenvalue weighted by atomic mass is 33.1. The third-order valence-electron chi connectivity index (χ3n) is 1.99. The van der Waals surface area contributed by atoms with Crippen LogP contribution in [0.25, 0.3) is 0 Å². The van der Waals surface area contributed by atoms with Gasteiger partial charge in [0.1, 0.15) is 5.82 Å². The molecule has 1 aromatic rings. The number of carbonyl (C=O) groups is 1. The second kappa shape index (κ2) is 4.90. The molecule has 0 saturated carbocycles. The van der Waals surface area contributed by atoms with E-state index in [0.717, 1.165) is 5.56 Å². The predicted molar refractivity (Wildman–Crippen MR) is 68.1 cm³/mol. The Hall–Kier alpha value is -0.680. The minimum atomic E-state index is -0.115. The number of pyridine rings is 1. The first kappa shape index (κ1) is 12.4. The molecule has 0 saturated heterocycles. The van der Waals surface area contributed by atoms with Gasteiger partial charge in [0.2, 0.25) is 5.91 Å². The van der Waals surface area contributed by atoms with Gasteiger partial charge < -0.3 is 5.32 Å². The first-order valence-corrected chi connectivity index (χ1v) is 6.39. The zero-order valence-corrected chi connectivity index (χ0v) is 10.7. The highest BCUT2D eigenvalue weighted by Gasteiger charge is 2.20. The molecule has 0 aliphatic rings. The van der Waals surface area contributed by atoms with Crippen LogP contribution in [-0.2, 0) is 9.54 Å². The van der Waals surface area contributed by atoms with E-state index < -0.39 is 0 Å². The van der Waals surface area contributed by atoms with Crippen LogP contribution in [0.15, 0.2) is 18.3 Å². The second-order valence-electron chi connectivity index (χ2n) is 3.71. The molecule has 1 aromatic heterocycles. The lowest BCUT2D eigenvalue weighted by molar-refractivity contribution is -0.114. The van der Waals surface area contributed by atoms with Gasteiger partial charge in [0, 0.05) is 17.9 Å². The molecule has 1 rings (SSSR count). The van der Waals surface area contributed by atoms with Crippen molar-refractivity contribution in [3.05, 3.63) is 23.9 Å². The van der Waals surface area contributed by atoms with Crippen LogP contribution < -0.4 is 5.32 Å². The highest BCUT2D eigenvalue weighted by molar-refractivity contribution is 8.68. The normalized spacial score (nSPS) is 11.2. The van der Waals surface area contributed by atoms with Crippen molar-refractivity contribution in [1.82, 2.24) is 4.98 Å². The van der Waals surface area contributed by atoms with Gasteiger partial charge in [-0.2, -0.15) is 0 Å². The first-order chi connectivity index (χ1) is 6.95. The number of amides is 1. The summed E-state index contributed by atoms with van der Waals surface area (Å²) in [6.07, 6.45) is 1.69. The minimum Gasteiger partial charge on any atom is -0.311 e.